The first kappa shape index (κ1) is 15.8. The summed E-state index contributed by atoms with van der Waals surface area (Å²) in [6.07, 6.45) is 5.75. The Balaban J connectivity index is 2.05. The third-order valence-corrected chi connectivity index (χ3v) is 5.95. The lowest BCUT2D eigenvalue weighted by atomic mass is 10.3. The number of rotatable bonds is 10. The minimum atomic E-state index is -2.39. The highest BCUT2D eigenvalue weighted by atomic mass is 28.4. The molecule has 1 saturated heterocycles. The second-order valence-corrected chi connectivity index (χ2v) is 7.36. The number of nitrogens with one attached hydrogen (secondary N) is 1. The van der Waals surface area contributed by atoms with Crippen LogP contribution in [0.15, 0.2) is 12.2 Å². The fourth-order valence-corrected chi connectivity index (χ4v) is 3.63. The Morgan fingerprint density at radius 2 is 1.89 bits per heavy atom. The zero-order valence-electron chi connectivity index (χ0n) is 11.8. The summed E-state index contributed by atoms with van der Waals surface area (Å²) < 4.78 is 21.5. The van der Waals surface area contributed by atoms with Gasteiger partial charge < -0.3 is 23.3 Å². The van der Waals surface area contributed by atoms with E-state index in [0.29, 0.717) is 12.2 Å². The molecule has 1 fully saturated rings. The summed E-state index contributed by atoms with van der Waals surface area (Å²) in [5, 5.41) is 3.38. The maximum absolute atomic E-state index is 5.45. The van der Waals surface area contributed by atoms with Crippen LogP contribution in [-0.2, 0) is 18.0 Å². The van der Waals surface area contributed by atoms with Gasteiger partial charge in [0.1, 0.15) is 12.2 Å². The van der Waals surface area contributed by atoms with E-state index in [0.717, 1.165) is 25.6 Å². The Bertz CT molecular complexity index is 250. The maximum Gasteiger partial charge on any atom is 0.500 e. The van der Waals surface area contributed by atoms with Gasteiger partial charge in [-0.05, 0) is 19.9 Å². The van der Waals surface area contributed by atoms with Crippen molar-refractivity contribution in [2.45, 2.75) is 31.6 Å². The lowest BCUT2D eigenvalue weighted by Crippen LogP contribution is -2.43. The van der Waals surface area contributed by atoms with E-state index in [1.807, 2.05) is 13.0 Å². The van der Waals surface area contributed by atoms with Crippen LogP contribution in [0.2, 0.25) is 6.04 Å². The zero-order valence-corrected chi connectivity index (χ0v) is 12.8. The van der Waals surface area contributed by atoms with Crippen molar-refractivity contribution in [2.75, 3.05) is 34.4 Å². The molecule has 0 aromatic carbocycles. The van der Waals surface area contributed by atoms with Crippen molar-refractivity contribution in [3.8, 4) is 0 Å². The second kappa shape index (κ2) is 8.03. The fraction of sp³-hybridized carbons (Fsp3) is 0.833. The Kier molecular flexibility index (Phi) is 7.06. The Morgan fingerprint density at radius 1 is 1.22 bits per heavy atom. The maximum atomic E-state index is 5.45. The van der Waals surface area contributed by atoms with Crippen LogP contribution in [0.5, 0.6) is 0 Å². The van der Waals surface area contributed by atoms with Gasteiger partial charge in [-0.3, -0.25) is 0 Å². The Labute approximate surface area is 111 Å². The third kappa shape index (κ3) is 4.79. The molecule has 0 aromatic heterocycles. The van der Waals surface area contributed by atoms with Gasteiger partial charge >= 0.3 is 8.80 Å². The molecule has 0 aliphatic carbocycles. The van der Waals surface area contributed by atoms with E-state index in [4.69, 9.17) is 18.0 Å². The van der Waals surface area contributed by atoms with Crippen molar-refractivity contribution in [1.82, 2.24) is 5.32 Å². The quantitative estimate of drug-likeness (QED) is 0.281. The van der Waals surface area contributed by atoms with Gasteiger partial charge in [-0.15, -0.1) is 0 Å². The Morgan fingerprint density at radius 3 is 2.44 bits per heavy atom. The summed E-state index contributed by atoms with van der Waals surface area (Å²) in [6.45, 7) is 3.83. The van der Waals surface area contributed by atoms with E-state index in [9.17, 15) is 0 Å². The predicted octanol–water partition coefficient (Wildman–Crippen LogP) is 1.19. The molecule has 0 bridgehead atoms. The molecule has 0 spiro atoms. The molecule has 2 atom stereocenters. The topological polar surface area (TPSA) is 52.2 Å². The number of ether oxygens (including phenoxy) is 1. The molecule has 2 unspecified atom stereocenters. The molecule has 0 radical (unpaired) electrons. The van der Waals surface area contributed by atoms with Crippen LogP contribution in [0.25, 0.3) is 0 Å². The molecule has 5 nitrogen and oxygen atoms in total. The van der Waals surface area contributed by atoms with Crippen LogP contribution < -0.4 is 5.32 Å². The van der Waals surface area contributed by atoms with Gasteiger partial charge in [-0.25, -0.2) is 0 Å². The standard InChI is InChI=1S/C12H25NO4Si/c1-5-7-11-12(17-11)10-13-8-6-9-18(14-2,15-3)16-4/h5,7,11-13H,6,8-10H2,1-4H3. The highest BCUT2D eigenvalue weighted by Gasteiger charge is 2.37. The lowest BCUT2D eigenvalue weighted by molar-refractivity contribution is 0.123. The summed E-state index contributed by atoms with van der Waals surface area (Å²) in [6, 6.07) is 0.827. The minimum absolute atomic E-state index is 0.313. The summed E-state index contributed by atoms with van der Waals surface area (Å²) in [7, 11) is 2.55. The van der Waals surface area contributed by atoms with Crippen LogP contribution in [0.1, 0.15) is 13.3 Å². The molecule has 1 N–H and O–H groups in total. The van der Waals surface area contributed by atoms with Gasteiger partial charge in [-0.2, -0.15) is 0 Å². The Hall–Kier alpha value is -0.243. The largest absolute Gasteiger partial charge is 0.500 e. The summed E-state index contributed by atoms with van der Waals surface area (Å²) in [5.41, 5.74) is 0. The highest BCUT2D eigenvalue weighted by molar-refractivity contribution is 6.60. The van der Waals surface area contributed by atoms with E-state index in [1.165, 1.54) is 0 Å². The van der Waals surface area contributed by atoms with Crippen molar-refractivity contribution in [3.05, 3.63) is 12.2 Å². The monoisotopic (exact) mass is 275 g/mol. The average molecular weight is 275 g/mol. The first-order chi connectivity index (χ1) is 8.71. The second-order valence-electron chi connectivity index (χ2n) is 4.27. The van der Waals surface area contributed by atoms with Gasteiger partial charge in [0.05, 0.1) is 0 Å². The summed E-state index contributed by atoms with van der Waals surface area (Å²) in [5.74, 6) is 0. The first-order valence-electron chi connectivity index (χ1n) is 6.35. The van der Waals surface area contributed by atoms with Crippen LogP contribution in [0, 0.1) is 0 Å². The van der Waals surface area contributed by atoms with Crippen molar-refractivity contribution >= 4 is 8.80 Å². The van der Waals surface area contributed by atoms with Crippen LogP contribution in [0.4, 0.5) is 0 Å². The van der Waals surface area contributed by atoms with E-state index < -0.39 is 8.80 Å². The molecule has 0 saturated carbocycles. The molecule has 1 aliphatic rings. The van der Waals surface area contributed by atoms with Crippen LogP contribution in [-0.4, -0.2) is 55.4 Å². The van der Waals surface area contributed by atoms with Gasteiger partial charge in [0.15, 0.2) is 0 Å². The molecule has 1 heterocycles. The molecular formula is C12H25NO4Si. The normalized spacial score (nSPS) is 23.8. The SMILES string of the molecule is CC=CC1OC1CNCCC[Si](OC)(OC)OC. The van der Waals surface area contributed by atoms with Crippen molar-refractivity contribution in [2.24, 2.45) is 0 Å². The summed E-state index contributed by atoms with van der Waals surface area (Å²) in [4.78, 5) is 0. The van der Waals surface area contributed by atoms with Crippen molar-refractivity contribution < 1.29 is 18.0 Å². The molecule has 0 aromatic rings. The van der Waals surface area contributed by atoms with Crippen LogP contribution in [0.3, 0.4) is 0 Å². The van der Waals surface area contributed by atoms with Gasteiger partial charge in [-0.1, -0.05) is 12.2 Å². The zero-order chi connectivity index (χ0) is 13.4. The third-order valence-electron chi connectivity index (χ3n) is 3.12. The molecule has 1 rings (SSSR count). The molecule has 1 aliphatic heterocycles. The van der Waals surface area contributed by atoms with Gasteiger partial charge in [0.25, 0.3) is 0 Å². The highest BCUT2D eigenvalue weighted by Crippen LogP contribution is 2.22. The molecule has 18 heavy (non-hydrogen) atoms. The molecule has 106 valence electrons. The lowest BCUT2D eigenvalue weighted by Gasteiger charge is -2.24. The fourth-order valence-electron chi connectivity index (χ4n) is 1.91. The average Bonchev–Trinajstić information content (AvgIpc) is 3.13. The number of allylic oxidation sites excluding steroid dienone is 1. The number of epoxide rings is 1. The minimum Gasteiger partial charge on any atom is -0.377 e. The summed E-state index contributed by atoms with van der Waals surface area (Å²) >= 11 is 0. The van der Waals surface area contributed by atoms with Gasteiger partial charge in [0.2, 0.25) is 0 Å². The van der Waals surface area contributed by atoms with E-state index in [1.54, 1.807) is 21.3 Å². The number of hydrogen-bond acceptors (Lipinski definition) is 5. The smallest absolute Gasteiger partial charge is 0.377 e. The molecular weight excluding hydrogens is 250 g/mol. The number of hydrogen-bond donors (Lipinski definition) is 1. The van der Waals surface area contributed by atoms with Crippen LogP contribution >= 0.6 is 0 Å². The molecule has 0 amide bonds. The molecule has 6 heteroatoms. The predicted molar refractivity (Wildman–Crippen MR) is 72.5 cm³/mol. The van der Waals surface area contributed by atoms with Gasteiger partial charge in [0, 0.05) is 33.9 Å². The van der Waals surface area contributed by atoms with Crippen molar-refractivity contribution in [1.29, 1.82) is 0 Å². The van der Waals surface area contributed by atoms with E-state index in [-0.39, 0.29) is 0 Å². The first-order valence-corrected chi connectivity index (χ1v) is 8.29. The van der Waals surface area contributed by atoms with Crippen molar-refractivity contribution in [3.63, 3.8) is 0 Å². The van der Waals surface area contributed by atoms with E-state index >= 15 is 0 Å². The van der Waals surface area contributed by atoms with E-state index in [2.05, 4.69) is 11.4 Å².